The monoisotopic (exact) mass is 448 g/mol. The van der Waals surface area contributed by atoms with Crippen molar-refractivity contribution in [3.8, 4) is 5.75 Å². The van der Waals surface area contributed by atoms with Crippen molar-refractivity contribution in [1.82, 2.24) is 0 Å². The van der Waals surface area contributed by atoms with Crippen LogP contribution in [-0.4, -0.2) is 24.0 Å². The molecule has 1 aliphatic rings. The van der Waals surface area contributed by atoms with E-state index in [2.05, 4.69) is 0 Å². The van der Waals surface area contributed by atoms with Gasteiger partial charge in [0.1, 0.15) is 11.3 Å². The number of anilines is 2. The average Bonchev–Trinajstić information content (AvgIpc) is 2.78. The SMILES string of the molecule is COc1cc(Cl)cc(C=C2C(=O)N(c3ccccc3)C(=S)N(c3ccccc3)C2=O)c1. The van der Waals surface area contributed by atoms with Crippen molar-refractivity contribution in [3.63, 3.8) is 0 Å². The highest BCUT2D eigenvalue weighted by Gasteiger charge is 2.41. The normalized spacial score (nSPS) is 14.1. The minimum absolute atomic E-state index is 0.0365. The molecule has 154 valence electrons. The summed E-state index contributed by atoms with van der Waals surface area (Å²) >= 11 is 11.8. The van der Waals surface area contributed by atoms with Crippen molar-refractivity contribution in [2.75, 3.05) is 16.9 Å². The molecule has 0 bridgehead atoms. The quantitative estimate of drug-likeness (QED) is 0.316. The third-order valence-electron chi connectivity index (χ3n) is 4.72. The summed E-state index contributed by atoms with van der Waals surface area (Å²) < 4.78 is 5.25. The van der Waals surface area contributed by atoms with E-state index >= 15 is 0 Å². The third-order valence-corrected chi connectivity index (χ3v) is 5.30. The molecule has 1 saturated heterocycles. The molecular formula is C24H17ClN2O3S. The van der Waals surface area contributed by atoms with E-state index in [1.807, 2.05) is 12.1 Å². The van der Waals surface area contributed by atoms with Crippen molar-refractivity contribution in [1.29, 1.82) is 0 Å². The lowest BCUT2D eigenvalue weighted by molar-refractivity contribution is -0.120. The Morgan fingerprint density at radius 1 is 0.839 bits per heavy atom. The van der Waals surface area contributed by atoms with Crippen LogP contribution in [0.3, 0.4) is 0 Å². The minimum atomic E-state index is -0.507. The fourth-order valence-electron chi connectivity index (χ4n) is 3.29. The van der Waals surface area contributed by atoms with Crippen LogP contribution >= 0.6 is 23.8 Å². The molecule has 0 spiro atoms. The number of thiocarbonyl (C=S) groups is 1. The molecule has 2 amide bonds. The maximum absolute atomic E-state index is 13.4. The summed E-state index contributed by atoms with van der Waals surface area (Å²) in [4.78, 5) is 29.6. The lowest BCUT2D eigenvalue weighted by Crippen LogP contribution is -2.56. The van der Waals surface area contributed by atoms with Crippen LogP contribution in [-0.2, 0) is 9.59 Å². The highest BCUT2D eigenvalue weighted by atomic mass is 35.5. The van der Waals surface area contributed by atoms with E-state index in [0.717, 1.165) is 0 Å². The predicted molar refractivity (Wildman–Crippen MR) is 126 cm³/mol. The van der Waals surface area contributed by atoms with Gasteiger partial charge in [0.05, 0.1) is 18.5 Å². The Kier molecular flexibility index (Phi) is 5.84. The van der Waals surface area contributed by atoms with Gasteiger partial charge < -0.3 is 4.74 Å². The number of nitrogens with zero attached hydrogens (tertiary/aromatic N) is 2. The van der Waals surface area contributed by atoms with Gasteiger partial charge in [-0.05, 0) is 66.3 Å². The minimum Gasteiger partial charge on any atom is -0.497 e. The van der Waals surface area contributed by atoms with Crippen LogP contribution in [0.4, 0.5) is 11.4 Å². The number of methoxy groups -OCH3 is 1. The summed E-state index contributed by atoms with van der Waals surface area (Å²) in [6, 6.07) is 23.0. The van der Waals surface area contributed by atoms with Crippen molar-refractivity contribution >= 4 is 58.2 Å². The van der Waals surface area contributed by atoms with E-state index in [1.165, 1.54) is 23.0 Å². The molecule has 7 heteroatoms. The molecule has 5 nitrogen and oxygen atoms in total. The Labute approximate surface area is 190 Å². The Balaban J connectivity index is 1.87. The number of carbonyl (C=O) groups is 2. The molecule has 4 rings (SSSR count). The highest BCUT2D eigenvalue weighted by molar-refractivity contribution is 7.81. The van der Waals surface area contributed by atoms with E-state index in [1.54, 1.807) is 66.7 Å². The second-order valence-electron chi connectivity index (χ2n) is 6.72. The third kappa shape index (κ3) is 4.08. The van der Waals surface area contributed by atoms with E-state index < -0.39 is 11.8 Å². The molecule has 3 aromatic carbocycles. The summed E-state index contributed by atoms with van der Waals surface area (Å²) in [5.74, 6) is -0.495. The summed E-state index contributed by atoms with van der Waals surface area (Å²) in [7, 11) is 1.52. The summed E-state index contributed by atoms with van der Waals surface area (Å²) in [6.07, 6.45) is 1.51. The molecule has 1 heterocycles. The van der Waals surface area contributed by atoms with E-state index in [0.29, 0.717) is 27.7 Å². The molecule has 0 radical (unpaired) electrons. The lowest BCUT2D eigenvalue weighted by Gasteiger charge is -2.36. The molecule has 1 fully saturated rings. The number of ether oxygens (including phenoxy) is 1. The molecule has 31 heavy (non-hydrogen) atoms. The van der Waals surface area contributed by atoms with Crippen LogP contribution in [0.15, 0.2) is 84.4 Å². The maximum Gasteiger partial charge on any atom is 0.270 e. The smallest absolute Gasteiger partial charge is 0.270 e. The first-order valence-electron chi connectivity index (χ1n) is 9.39. The standard InChI is InChI=1S/C24H17ClN2O3S/c1-30-20-13-16(12-17(25)15-20)14-21-22(28)26(18-8-4-2-5-9-18)24(31)27(23(21)29)19-10-6-3-7-11-19/h2-15H,1H3. The number of halogens is 1. The topological polar surface area (TPSA) is 49.9 Å². The zero-order valence-corrected chi connectivity index (χ0v) is 18.1. The fourth-order valence-corrected chi connectivity index (χ4v) is 3.90. The molecule has 1 aliphatic heterocycles. The van der Waals surface area contributed by atoms with Crippen LogP contribution in [0.1, 0.15) is 5.56 Å². The van der Waals surface area contributed by atoms with Gasteiger partial charge in [-0.2, -0.15) is 0 Å². The van der Waals surface area contributed by atoms with Gasteiger partial charge in [-0.25, -0.2) is 0 Å². The maximum atomic E-state index is 13.4. The fraction of sp³-hybridized carbons (Fsp3) is 0.0417. The van der Waals surface area contributed by atoms with Crippen LogP contribution in [0, 0.1) is 0 Å². The van der Waals surface area contributed by atoms with Crippen molar-refractivity contribution < 1.29 is 14.3 Å². The number of carbonyl (C=O) groups excluding carboxylic acids is 2. The Morgan fingerprint density at radius 3 is 1.84 bits per heavy atom. The first kappa shape index (κ1) is 20.8. The number of amides is 2. The van der Waals surface area contributed by atoms with Gasteiger partial charge in [0.15, 0.2) is 5.11 Å². The van der Waals surface area contributed by atoms with Crippen LogP contribution < -0.4 is 14.5 Å². The largest absolute Gasteiger partial charge is 0.497 e. The zero-order chi connectivity index (χ0) is 22.0. The molecule has 0 saturated carbocycles. The highest BCUT2D eigenvalue weighted by Crippen LogP contribution is 2.30. The Morgan fingerprint density at radius 2 is 1.35 bits per heavy atom. The zero-order valence-electron chi connectivity index (χ0n) is 16.5. The number of hydrogen-bond acceptors (Lipinski definition) is 4. The predicted octanol–water partition coefficient (Wildman–Crippen LogP) is 5.10. The van der Waals surface area contributed by atoms with Gasteiger partial charge in [0, 0.05) is 5.02 Å². The second-order valence-corrected chi connectivity index (χ2v) is 7.52. The first-order chi connectivity index (χ1) is 15.0. The number of hydrogen-bond donors (Lipinski definition) is 0. The van der Waals surface area contributed by atoms with E-state index in [9.17, 15) is 9.59 Å². The van der Waals surface area contributed by atoms with E-state index in [4.69, 9.17) is 28.6 Å². The molecule has 0 aliphatic carbocycles. The van der Waals surface area contributed by atoms with Gasteiger partial charge in [-0.1, -0.05) is 48.0 Å². The first-order valence-corrected chi connectivity index (χ1v) is 10.2. The lowest BCUT2D eigenvalue weighted by atomic mass is 10.0. The van der Waals surface area contributed by atoms with Gasteiger partial charge in [0.25, 0.3) is 11.8 Å². The van der Waals surface area contributed by atoms with Gasteiger partial charge in [-0.3, -0.25) is 19.4 Å². The molecular weight excluding hydrogens is 432 g/mol. The van der Waals surface area contributed by atoms with Crippen molar-refractivity contribution in [3.05, 3.63) is 95.0 Å². The summed E-state index contributed by atoms with van der Waals surface area (Å²) in [5, 5.41) is 0.519. The van der Waals surface area contributed by atoms with Gasteiger partial charge in [-0.15, -0.1) is 0 Å². The Bertz CT molecular complexity index is 1130. The molecule has 0 atom stereocenters. The summed E-state index contributed by atoms with van der Waals surface area (Å²) in [5.41, 5.74) is 1.67. The summed E-state index contributed by atoms with van der Waals surface area (Å²) in [6.45, 7) is 0. The average molecular weight is 449 g/mol. The molecule has 0 aromatic heterocycles. The Hall–Kier alpha value is -3.48. The van der Waals surface area contributed by atoms with Crippen LogP contribution in [0.2, 0.25) is 5.02 Å². The number of para-hydroxylation sites is 2. The van der Waals surface area contributed by atoms with Gasteiger partial charge in [0.2, 0.25) is 0 Å². The molecule has 3 aromatic rings. The second kappa shape index (κ2) is 8.71. The van der Waals surface area contributed by atoms with Gasteiger partial charge >= 0.3 is 0 Å². The number of benzene rings is 3. The van der Waals surface area contributed by atoms with Crippen LogP contribution in [0.5, 0.6) is 5.75 Å². The molecule has 0 N–H and O–H groups in total. The van der Waals surface area contributed by atoms with Crippen molar-refractivity contribution in [2.24, 2.45) is 0 Å². The van der Waals surface area contributed by atoms with E-state index in [-0.39, 0.29) is 10.7 Å². The number of rotatable bonds is 4. The van der Waals surface area contributed by atoms with Crippen molar-refractivity contribution in [2.45, 2.75) is 0 Å². The van der Waals surface area contributed by atoms with Crippen LogP contribution in [0.25, 0.3) is 6.08 Å². The molecule has 0 unspecified atom stereocenters.